The van der Waals surface area contributed by atoms with Gasteiger partial charge in [-0.25, -0.2) is 4.79 Å². The first-order valence-corrected chi connectivity index (χ1v) is 5.79. The summed E-state index contributed by atoms with van der Waals surface area (Å²) in [6.07, 6.45) is 0. The normalized spacial score (nSPS) is 10.1. The Labute approximate surface area is 114 Å². The Kier molecular flexibility index (Phi) is 3.65. The van der Waals surface area contributed by atoms with Crippen LogP contribution in [0.2, 0.25) is 0 Å². The summed E-state index contributed by atoms with van der Waals surface area (Å²) in [6, 6.07) is 6.86. The van der Waals surface area contributed by atoms with E-state index >= 15 is 0 Å². The maximum Gasteiger partial charge on any atom is 0.324 e. The second kappa shape index (κ2) is 5.39. The number of nitro groups is 1. The third kappa shape index (κ3) is 3.10. The average Bonchev–Trinajstić information content (AvgIpc) is 2.68. The van der Waals surface area contributed by atoms with Crippen LogP contribution >= 0.6 is 0 Å². The van der Waals surface area contributed by atoms with Crippen molar-refractivity contribution in [3.63, 3.8) is 0 Å². The Morgan fingerprint density at radius 2 is 1.95 bits per heavy atom. The molecule has 0 unspecified atom stereocenters. The average molecular weight is 275 g/mol. The molecular formula is C12H13N5O3. The molecule has 0 saturated heterocycles. The zero-order chi connectivity index (χ0) is 14.7. The third-order valence-corrected chi connectivity index (χ3v) is 2.58. The molecule has 2 N–H and O–H groups in total. The van der Waals surface area contributed by atoms with E-state index in [2.05, 4.69) is 15.7 Å². The van der Waals surface area contributed by atoms with E-state index in [-0.39, 0.29) is 5.69 Å². The van der Waals surface area contributed by atoms with Gasteiger partial charge in [-0.2, -0.15) is 5.10 Å². The molecule has 0 spiro atoms. The lowest BCUT2D eigenvalue weighted by atomic mass is 10.3. The summed E-state index contributed by atoms with van der Waals surface area (Å²) in [5, 5.41) is 19.8. The number of nitrogens with zero attached hydrogens (tertiary/aromatic N) is 3. The highest BCUT2D eigenvalue weighted by molar-refractivity contribution is 5.99. The number of nitrogens with one attached hydrogen (secondary N) is 2. The first-order chi connectivity index (χ1) is 9.45. The van der Waals surface area contributed by atoms with Gasteiger partial charge in [0.15, 0.2) is 0 Å². The SMILES string of the molecule is Cc1cc(NC(=O)Nc2ccc([N+](=O)[O-])cc2)n(C)n1. The van der Waals surface area contributed by atoms with E-state index in [0.29, 0.717) is 11.5 Å². The van der Waals surface area contributed by atoms with Gasteiger partial charge in [0, 0.05) is 30.9 Å². The lowest BCUT2D eigenvalue weighted by molar-refractivity contribution is -0.384. The monoisotopic (exact) mass is 275 g/mol. The van der Waals surface area contributed by atoms with Crippen molar-refractivity contribution >= 4 is 23.2 Å². The molecule has 0 bridgehead atoms. The van der Waals surface area contributed by atoms with Crippen LogP contribution in [0.4, 0.5) is 22.0 Å². The number of benzene rings is 1. The molecule has 1 heterocycles. The molecule has 8 nitrogen and oxygen atoms in total. The summed E-state index contributed by atoms with van der Waals surface area (Å²) in [6.45, 7) is 1.82. The first kappa shape index (κ1) is 13.5. The smallest absolute Gasteiger partial charge is 0.308 e. The van der Waals surface area contributed by atoms with Gasteiger partial charge in [-0.15, -0.1) is 0 Å². The molecule has 8 heteroatoms. The van der Waals surface area contributed by atoms with Gasteiger partial charge in [0.05, 0.1) is 10.6 Å². The van der Waals surface area contributed by atoms with E-state index in [1.165, 1.54) is 24.3 Å². The van der Waals surface area contributed by atoms with Gasteiger partial charge in [-0.3, -0.25) is 20.1 Å². The standard InChI is InChI=1S/C12H13N5O3/c1-8-7-11(16(2)15-8)14-12(18)13-9-3-5-10(6-4-9)17(19)20/h3-7H,1-2H3,(H2,13,14,18). The van der Waals surface area contributed by atoms with E-state index in [1.54, 1.807) is 17.8 Å². The Hall–Kier alpha value is -2.90. The fourth-order valence-corrected chi connectivity index (χ4v) is 1.67. The van der Waals surface area contributed by atoms with Crippen molar-refractivity contribution in [3.8, 4) is 0 Å². The van der Waals surface area contributed by atoms with E-state index < -0.39 is 11.0 Å². The van der Waals surface area contributed by atoms with Gasteiger partial charge < -0.3 is 5.32 Å². The third-order valence-electron chi connectivity index (χ3n) is 2.58. The van der Waals surface area contributed by atoms with Crippen LogP contribution in [0.3, 0.4) is 0 Å². The summed E-state index contributed by atoms with van der Waals surface area (Å²) in [4.78, 5) is 21.8. The number of aryl methyl sites for hydroxylation is 2. The van der Waals surface area contributed by atoms with Gasteiger partial charge in [-0.1, -0.05) is 0 Å². The number of urea groups is 1. The van der Waals surface area contributed by atoms with Gasteiger partial charge in [0.2, 0.25) is 0 Å². The van der Waals surface area contributed by atoms with Crippen LogP contribution < -0.4 is 10.6 Å². The molecule has 1 aromatic carbocycles. The molecule has 0 saturated carbocycles. The Balaban J connectivity index is 2.01. The number of carbonyl (C=O) groups excluding carboxylic acids is 1. The van der Waals surface area contributed by atoms with E-state index in [9.17, 15) is 14.9 Å². The Morgan fingerprint density at radius 3 is 2.45 bits per heavy atom. The number of aromatic nitrogens is 2. The van der Waals surface area contributed by atoms with E-state index in [1.807, 2.05) is 6.92 Å². The number of hydrogen-bond acceptors (Lipinski definition) is 4. The van der Waals surface area contributed by atoms with Crippen molar-refractivity contribution in [1.82, 2.24) is 9.78 Å². The zero-order valence-electron chi connectivity index (χ0n) is 11.0. The van der Waals surface area contributed by atoms with Crippen molar-refractivity contribution in [2.24, 2.45) is 7.05 Å². The number of nitro benzene ring substituents is 1. The molecular weight excluding hydrogens is 262 g/mol. The maximum absolute atomic E-state index is 11.8. The Bertz CT molecular complexity index is 648. The minimum atomic E-state index is -0.498. The summed E-state index contributed by atoms with van der Waals surface area (Å²) in [5.74, 6) is 0.557. The van der Waals surface area contributed by atoms with Crippen molar-refractivity contribution in [3.05, 3.63) is 46.1 Å². The molecule has 20 heavy (non-hydrogen) atoms. The second-order valence-corrected chi connectivity index (χ2v) is 4.18. The minimum Gasteiger partial charge on any atom is -0.308 e. The van der Waals surface area contributed by atoms with Crippen molar-refractivity contribution in [2.45, 2.75) is 6.92 Å². The topological polar surface area (TPSA) is 102 Å². The molecule has 0 aliphatic rings. The van der Waals surface area contributed by atoms with Gasteiger partial charge in [-0.05, 0) is 19.1 Å². The summed E-state index contributed by atoms with van der Waals surface area (Å²) in [7, 11) is 1.72. The zero-order valence-corrected chi connectivity index (χ0v) is 11.0. The molecule has 2 aromatic rings. The van der Waals surface area contributed by atoms with Crippen LogP contribution in [0.5, 0.6) is 0 Å². The van der Waals surface area contributed by atoms with Crippen LogP contribution in [0, 0.1) is 17.0 Å². The van der Waals surface area contributed by atoms with Crippen molar-refractivity contribution < 1.29 is 9.72 Å². The molecule has 0 atom stereocenters. The van der Waals surface area contributed by atoms with Crippen LogP contribution in [-0.2, 0) is 7.05 Å². The highest BCUT2D eigenvalue weighted by Gasteiger charge is 2.08. The van der Waals surface area contributed by atoms with E-state index in [4.69, 9.17) is 0 Å². The van der Waals surface area contributed by atoms with Crippen LogP contribution in [-0.4, -0.2) is 20.7 Å². The van der Waals surface area contributed by atoms with Crippen molar-refractivity contribution in [1.29, 1.82) is 0 Å². The predicted molar refractivity (Wildman–Crippen MR) is 73.7 cm³/mol. The minimum absolute atomic E-state index is 0.0294. The van der Waals surface area contributed by atoms with Gasteiger partial charge in [0.1, 0.15) is 5.82 Å². The van der Waals surface area contributed by atoms with Gasteiger partial charge in [0.25, 0.3) is 5.69 Å². The van der Waals surface area contributed by atoms with Crippen LogP contribution in [0.1, 0.15) is 5.69 Å². The number of non-ortho nitro benzene ring substituents is 1. The predicted octanol–water partition coefficient (Wildman–Crippen LogP) is 2.28. The summed E-state index contributed by atoms with van der Waals surface area (Å²) in [5.41, 5.74) is 1.23. The number of carbonyl (C=O) groups is 1. The number of amides is 2. The van der Waals surface area contributed by atoms with Gasteiger partial charge >= 0.3 is 6.03 Å². The van der Waals surface area contributed by atoms with Crippen LogP contribution in [0.25, 0.3) is 0 Å². The van der Waals surface area contributed by atoms with Crippen molar-refractivity contribution in [2.75, 3.05) is 10.6 Å². The number of rotatable bonds is 3. The molecule has 2 rings (SSSR count). The lowest BCUT2D eigenvalue weighted by Crippen LogP contribution is -2.20. The molecule has 0 aliphatic heterocycles. The van der Waals surface area contributed by atoms with E-state index in [0.717, 1.165) is 5.69 Å². The lowest BCUT2D eigenvalue weighted by Gasteiger charge is -2.07. The largest absolute Gasteiger partial charge is 0.324 e. The Morgan fingerprint density at radius 1 is 1.30 bits per heavy atom. The second-order valence-electron chi connectivity index (χ2n) is 4.18. The molecule has 0 fully saturated rings. The summed E-state index contributed by atoms with van der Waals surface area (Å²) >= 11 is 0. The fraction of sp³-hybridized carbons (Fsp3) is 0.167. The molecule has 0 radical (unpaired) electrons. The maximum atomic E-state index is 11.8. The first-order valence-electron chi connectivity index (χ1n) is 5.79. The number of anilines is 2. The van der Waals surface area contributed by atoms with Crippen LogP contribution in [0.15, 0.2) is 30.3 Å². The molecule has 0 aliphatic carbocycles. The fourth-order valence-electron chi connectivity index (χ4n) is 1.67. The highest BCUT2D eigenvalue weighted by atomic mass is 16.6. The molecule has 104 valence electrons. The summed E-state index contributed by atoms with van der Waals surface area (Å²) < 4.78 is 1.55. The molecule has 2 amide bonds. The molecule has 1 aromatic heterocycles. The number of hydrogen-bond donors (Lipinski definition) is 2. The highest BCUT2D eigenvalue weighted by Crippen LogP contribution is 2.16. The quantitative estimate of drug-likeness (QED) is 0.662.